The molecule has 0 atom stereocenters. The summed E-state index contributed by atoms with van der Waals surface area (Å²) in [5, 5.41) is 0. The van der Waals surface area contributed by atoms with Crippen molar-refractivity contribution < 1.29 is 4.55 Å². The second-order valence-corrected chi connectivity index (χ2v) is 1.82. The van der Waals surface area contributed by atoms with Crippen LogP contribution in [-0.4, -0.2) is 10.3 Å². The summed E-state index contributed by atoms with van der Waals surface area (Å²) in [6.45, 7) is 7.20. The highest BCUT2D eigenvalue weighted by Crippen LogP contribution is 2.02. The Morgan fingerprint density at radius 1 is 1.86 bits per heavy atom. The van der Waals surface area contributed by atoms with Crippen LogP contribution < -0.4 is 0 Å². The van der Waals surface area contributed by atoms with Crippen LogP contribution in [0.5, 0.6) is 0 Å². The van der Waals surface area contributed by atoms with E-state index < -0.39 is 0 Å². The van der Waals surface area contributed by atoms with Gasteiger partial charge in [0.1, 0.15) is 6.42 Å². The number of hydrogen-bond donors (Lipinski definition) is 1. The van der Waals surface area contributed by atoms with E-state index in [0.717, 1.165) is 17.6 Å². The quantitative estimate of drug-likeness (QED) is 0.346. The third-order valence-corrected chi connectivity index (χ3v) is 1.16. The molecule has 0 spiro atoms. The molecule has 1 nitrogen and oxygen atoms in total. The molecule has 0 aromatic carbocycles. The first kappa shape index (κ1) is 6.92. The van der Waals surface area contributed by atoms with Crippen molar-refractivity contribution in [1.82, 2.24) is 0 Å². The summed E-state index contributed by atoms with van der Waals surface area (Å²) in [4.78, 5) is 0. The van der Waals surface area contributed by atoms with Crippen LogP contribution in [0.1, 0.15) is 6.42 Å². The molecule has 0 aliphatic heterocycles. The second-order valence-electron chi connectivity index (χ2n) is 1.27. The Hall–Kier alpha value is -0.0800. The molecule has 0 aromatic rings. The van der Waals surface area contributed by atoms with Gasteiger partial charge in [0.25, 0.3) is 0 Å². The zero-order valence-electron chi connectivity index (χ0n) is 4.18. The molecule has 0 aromatic heterocycles. The standard InChI is InChI=1S/C5H8OS/c1-3-5(2)4-7-6/h1-4H2/p+1. The van der Waals surface area contributed by atoms with E-state index in [2.05, 4.69) is 13.5 Å². The van der Waals surface area contributed by atoms with Crippen molar-refractivity contribution in [3.63, 3.8) is 0 Å². The SMILES string of the molecule is C=C(C[CH2+])CSO. The molecule has 0 aliphatic rings. The lowest BCUT2D eigenvalue weighted by Crippen LogP contribution is -1.79. The largest absolute Gasteiger partial charge is 0.330 e. The second kappa shape index (κ2) is 4.09. The van der Waals surface area contributed by atoms with Crippen molar-refractivity contribution in [2.24, 2.45) is 0 Å². The van der Waals surface area contributed by atoms with Gasteiger partial charge in [0.15, 0.2) is 0 Å². The highest BCUT2D eigenvalue weighted by Gasteiger charge is 1.90. The number of rotatable bonds is 3. The average Bonchev–Trinajstić information content (AvgIpc) is 1.68. The first-order chi connectivity index (χ1) is 3.31. The van der Waals surface area contributed by atoms with E-state index in [0.29, 0.717) is 12.2 Å². The minimum atomic E-state index is 0.615. The molecule has 0 heterocycles. The van der Waals surface area contributed by atoms with Crippen LogP contribution in [0.15, 0.2) is 12.2 Å². The Balaban J connectivity index is 3.00. The zero-order chi connectivity index (χ0) is 5.70. The maximum Gasteiger partial charge on any atom is 0.107 e. The maximum absolute atomic E-state index is 8.20. The molecule has 0 unspecified atom stereocenters. The fraction of sp³-hybridized carbons (Fsp3) is 0.400. The first-order valence-corrected chi connectivity index (χ1v) is 2.97. The van der Waals surface area contributed by atoms with Gasteiger partial charge in [0.05, 0.1) is 6.92 Å². The summed E-state index contributed by atoms with van der Waals surface area (Å²) in [5.74, 6) is 0.615. The first-order valence-electron chi connectivity index (χ1n) is 2.03. The Kier molecular flexibility index (Phi) is 4.04. The van der Waals surface area contributed by atoms with E-state index in [1.165, 1.54) is 0 Å². The average molecular weight is 117 g/mol. The predicted octanol–water partition coefficient (Wildman–Crippen LogP) is 1.97. The summed E-state index contributed by atoms with van der Waals surface area (Å²) in [6.07, 6.45) is 0.716. The van der Waals surface area contributed by atoms with Crippen LogP contribution in [0.4, 0.5) is 0 Å². The minimum absolute atomic E-state index is 0.615. The Bertz CT molecular complexity index is 61.1. The minimum Gasteiger partial charge on any atom is -0.330 e. The fourth-order valence-corrected chi connectivity index (χ4v) is 0.490. The molecule has 0 amide bonds. The molecule has 7 heavy (non-hydrogen) atoms. The van der Waals surface area contributed by atoms with Crippen molar-refractivity contribution in [1.29, 1.82) is 0 Å². The molecule has 0 saturated carbocycles. The van der Waals surface area contributed by atoms with Crippen LogP contribution in [0, 0.1) is 6.92 Å². The van der Waals surface area contributed by atoms with Crippen LogP contribution >= 0.6 is 12.0 Å². The van der Waals surface area contributed by atoms with E-state index in [9.17, 15) is 0 Å². The molecule has 40 valence electrons. The van der Waals surface area contributed by atoms with Gasteiger partial charge in [-0.25, -0.2) is 0 Å². The van der Waals surface area contributed by atoms with Crippen molar-refractivity contribution in [2.45, 2.75) is 6.42 Å². The van der Waals surface area contributed by atoms with E-state index in [4.69, 9.17) is 4.55 Å². The van der Waals surface area contributed by atoms with Crippen molar-refractivity contribution in [3.05, 3.63) is 19.1 Å². The van der Waals surface area contributed by atoms with E-state index in [1.807, 2.05) is 0 Å². The van der Waals surface area contributed by atoms with Gasteiger partial charge in [-0.2, -0.15) is 0 Å². The van der Waals surface area contributed by atoms with E-state index >= 15 is 0 Å². The van der Waals surface area contributed by atoms with Crippen LogP contribution in [0.3, 0.4) is 0 Å². The molecule has 0 rings (SSSR count). The van der Waals surface area contributed by atoms with Crippen molar-refractivity contribution >= 4 is 12.0 Å². The molecule has 2 heteroatoms. The normalized spacial score (nSPS) is 8.71. The molecular formula is C5H9OS+. The fourth-order valence-electron chi connectivity index (χ4n) is 0.163. The summed E-state index contributed by atoms with van der Waals surface area (Å²) >= 11 is 0.795. The molecule has 0 aliphatic carbocycles. The van der Waals surface area contributed by atoms with Gasteiger partial charge >= 0.3 is 0 Å². The monoisotopic (exact) mass is 117 g/mol. The highest BCUT2D eigenvalue weighted by molar-refractivity contribution is 7.93. The van der Waals surface area contributed by atoms with E-state index in [-0.39, 0.29) is 0 Å². The summed E-state index contributed by atoms with van der Waals surface area (Å²) < 4.78 is 8.20. The van der Waals surface area contributed by atoms with Crippen molar-refractivity contribution in [3.8, 4) is 0 Å². The van der Waals surface area contributed by atoms with E-state index in [1.54, 1.807) is 0 Å². The topological polar surface area (TPSA) is 20.2 Å². The van der Waals surface area contributed by atoms with Gasteiger partial charge in [-0.1, -0.05) is 6.58 Å². The summed E-state index contributed by atoms with van der Waals surface area (Å²) in [6, 6.07) is 0. The molecular weight excluding hydrogens is 108 g/mol. The van der Waals surface area contributed by atoms with Crippen LogP contribution in [-0.2, 0) is 0 Å². The van der Waals surface area contributed by atoms with Gasteiger partial charge < -0.3 is 4.55 Å². The van der Waals surface area contributed by atoms with Gasteiger partial charge in [-0.3, -0.25) is 0 Å². The van der Waals surface area contributed by atoms with Gasteiger partial charge in [0.2, 0.25) is 0 Å². The van der Waals surface area contributed by atoms with Gasteiger partial charge in [-0.15, -0.1) is 0 Å². The summed E-state index contributed by atoms with van der Waals surface area (Å²) in [7, 11) is 0. The lowest BCUT2D eigenvalue weighted by atomic mass is 10.3. The Morgan fingerprint density at radius 3 is 2.57 bits per heavy atom. The summed E-state index contributed by atoms with van der Waals surface area (Å²) in [5.41, 5.74) is 0.979. The third-order valence-electron chi connectivity index (χ3n) is 0.622. The molecule has 0 fully saturated rings. The maximum atomic E-state index is 8.20. The molecule has 0 radical (unpaired) electrons. The van der Waals surface area contributed by atoms with Crippen molar-refractivity contribution in [2.75, 3.05) is 5.75 Å². The van der Waals surface area contributed by atoms with Gasteiger partial charge in [-0.05, 0) is 17.6 Å². The van der Waals surface area contributed by atoms with Crippen LogP contribution in [0.2, 0.25) is 0 Å². The highest BCUT2D eigenvalue weighted by atomic mass is 32.2. The Labute approximate surface area is 48.6 Å². The molecule has 1 N–H and O–H groups in total. The number of hydrogen-bond acceptors (Lipinski definition) is 2. The lowest BCUT2D eigenvalue weighted by Gasteiger charge is -1.88. The smallest absolute Gasteiger partial charge is 0.107 e. The molecule has 0 bridgehead atoms. The predicted molar refractivity (Wildman–Crippen MR) is 34.2 cm³/mol. The van der Waals surface area contributed by atoms with Crippen LogP contribution in [0.25, 0.3) is 0 Å². The Morgan fingerprint density at radius 2 is 2.43 bits per heavy atom. The molecule has 0 saturated heterocycles. The van der Waals surface area contributed by atoms with Gasteiger partial charge in [0, 0.05) is 5.75 Å². The third kappa shape index (κ3) is 3.76. The zero-order valence-corrected chi connectivity index (χ0v) is 5.00. The lowest BCUT2D eigenvalue weighted by molar-refractivity contribution is 0.665.